The molecule has 2 aromatic rings. The van der Waals surface area contributed by atoms with Gasteiger partial charge in [-0.2, -0.15) is 4.31 Å². The average Bonchev–Trinajstić information content (AvgIpc) is 3.36. The SMILES string of the molecule is O=C(Nc1ccccc1C(=O)N1CCCCC1)[C@H]1CCCN(S(=O)(=O)c2cccs2)C1. The molecule has 0 bridgehead atoms. The van der Waals surface area contributed by atoms with Gasteiger partial charge in [0.15, 0.2) is 0 Å². The maximum atomic E-state index is 13.0. The van der Waals surface area contributed by atoms with Crippen LogP contribution in [0.1, 0.15) is 42.5 Å². The highest BCUT2D eigenvalue weighted by Crippen LogP contribution is 2.28. The lowest BCUT2D eigenvalue weighted by Crippen LogP contribution is -2.43. The summed E-state index contributed by atoms with van der Waals surface area (Å²) in [4.78, 5) is 27.8. The standard InChI is InChI=1S/C22H27N3O4S2/c26-21(17-8-6-14-25(16-17)31(28,29)20-11-7-15-30-20)23-19-10-3-2-9-18(19)22(27)24-12-4-1-5-13-24/h2-3,7,9-11,15,17H,1,4-6,8,12-14,16H2,(H,23,26)/t17-/m0/s1. The van der Waals surface area contributed by atoms with Crippen molar-refractivity contribution in [3.05, 3.63) is 47.3 Å². The number of rotatable bonds is 5. The molecule has 1 aromatic heterocycles. The molecule has 166 valence electrons. The van der Waals surface area contributed by atoms with E-state index >= 15 is 0 Å². The maximum Gasteiger partial charge on any atom is 0.255 e. The molecule has 9 heteroatoms. The van der Waals surface area contributed by atoms with E-state index in [2.05, 4.69) is 5.32 Å². The van der Waals surface area contributed by atoms with Crippen LogP contribution in [0.3, 0.4) is 0 Å². The largest absolute Gasteiger partial charge is 0.339 e. The Morgan fingerprint density at radius 3 is 2.48 bits per heavy atom. The predicted molar refractivity (Wildman–Crippen MR) is 121 cm³/mol. The van der Waals surface area contributed by atoms with Gasteiger partial charge in [-0.15, -0.1) is 11.3 Å². The first-order valence-corrected chi connectivity index (χ1v) is 13.0. The molecule has 31 heavy (non-hydrogen) atoms. The van der Waals surface area contributed by atoms with E-state index in [0.29, 0.717) is 34.8 Å². The normalized spacial score (nSPS) is 20.4. The molecule has 2 aliphatic heterocycles. The number of para-hydroxylation sites is 1. The molecule has 7 nitrogen and oxygen atoms in total. The van der Waals surface area contributed by atoms with Gasteiger partial charge in [0.2, 0.25) is 5.91 Å². The summed E-state index contributed by atoms with van der Waals surface area (Å²) in [5.74, 6) is -0.771. The van der Waals surface area contributed by atoms with E-state index in [-0.39, 0.29) is 18.4 Å². The van der Waals surface area contributed by atoms with Crippen LogP contribution >= 0.6 is 11.3 Å². The van der Waals surface area contributed by atoms with Crippen LogP contribution in [0.2, 0.25) is 0 Å². The van der Waals surface area contributed by atoms with Gasteiger partial charge < -0.3 is 10.2 Å². The molecule has 0 saturated carbocycles. The van der Waals surface area contributed by atoms with E-state index in [9.17, 15) is 18.0 Å². The highest BCUT2D eigenvalue weighted by atomic mass is 32.2. The minimum Gasteiger partial charge on any atom is -0.339 e. The highest BCUT2D eigenvalue weighted by molar-refractivity contribution is 7.91. The molecule has 0 spiro atoms. The van der Waals surface area contributed by atoms with Crippen molar-refractivity contribution in [2.45, 2.75) is 36.3 Å². The van der Waals surface area contributed by atoms with Crippen molar-refractivity contribution < 1.29 is 18.0 Å². The number of anilines is 1. The number of thiophene rings is 1. The van der Waals surface area contributed by atoms with Gasteiger partial charge in [0.1, 0.15) is 4.21 Å². The molecule has 0 unspecified atom stereocenters. The minimum atomic E-state index is -3.58. The van der Waals surface area contributed by atoms with Crippen molar-refractivity contribution in [2.24, 2.45) is 5.92 Å². The summed E-state index contributed by atoms with van der Waals surface area (Å²) >= 11 is 1.18. The summed E-state index contributed by atoms with van der Waals surface area (Å²) < 4.78 is 27.4. The number of hydrogen-bond donors (Lipinski definition) is 1. The molecule has 0 radical (unpaired) electrons. The molecule has 2 saturated heterocycles. The van der Waals surface area contributed by atoms with Crippen molar-refractivity contribution in [1.29, 1.82) is 0 Å². The second-order valence-corrected chi connectivity index (χ2v) is 11.1. The lowest BCUT2D eigenvalue weighted by molar-refractivity contribution is -0.120. The Bertz CT molecular complexity index is 1030. The van der Waals surface area contributed by atoms with Crippen LogP contribution in [0.15, 0.2) is 46.0 Å². The third-order valence-electron chi connectivity index (χ3n) is 5.90. The smallest absolute Gasteiger partial charge is 0.255 e. The Morgan fingerprint density at radius 2 is 1.74 bits per heavy atom. The summed E-state index contributed by atoms with van der Waals surface area (Å²) in [5, 5.41) is 4.64. The van der Waals surface area contributed by atoms with E-state index in [0.717, 1.165) is 32.4 Å². The molecule has 1 N–H and O–H groups in total. The highest BCUT2D eigenvalue weighted by Gasteiger charge is 2.34. The number of benzene rings is 1. The van der Waals surface area contributed by atoms with Crippen molar-refractivity contribution in [3.63, 3.8) is 0 Å². The number of carbonyl (C=O) groups excluding carboxylic acids is 2. The molecule has 3 heterocycles. The number of hydrogen-bond acceptors (Lipinski definition) is 5. The van der Waals surface area contributed by atoms with Gasteiger partial charge in [-0.25, -0.2) is 8.42 Å². The molecule has 1 atom stereocenters. The third kappa shape index (κ3) is 4.83. The van der Waals surface area contributed by atoms with Crippen molar-refractivity contribution in [2.75, 3.05) is 31.5 Å². The number of nitrogens with one attached hydrogen (secondary N) is 1. The first-order chi connectivity index (χ1) is 15.0. The Kier molecular flexibility index (Phi) is 6.74. The Morgan fingerprint density at radius 1 is 0.968 bits per heavy atom. The fraction of sp³-hybridized carbons (Fsp3) is 0.455. The van der Waals surface area contributed by atoms with Gasteiger partial charge in [0.25, 0.3) is 15.9 Å². The first kappa shape index (κ1) is 22.0. The van der Waals surface area contributed by atoms with Crippen LogP contribution in [0.25, 0.3) is 0 Å². The summed E-state index contributed by atoms with van der Waals surface area (Å²) in [6, 6.07) is 10.4. The Balaban J connectivity index is 1.47. The zero-order valence-corrected chi connectivity index (χ0v) is 19.0. The number of amides is 2. The van der Waals surface area contributed by atoms with E-state index in [1.54, 1.807) is 41.8 Å². The topological polar surface area (TPSA) is 86.8 Å². The van der Waals surface area contributed by atoms with E-state index in [1.165, 1.54) is 15.6 Å². The number of nitrogens with zero attached hydrogens (tertiary/aromatic N) is 2. The molecule has 0 aliphatic carbocycles. The van der Waals surface area contributed by atoms with Crippen LogP contribution in [0, 0.1) is 5.92 Å². The lowest BCUT2D eigenvalue weighted by Gasteiger charge is -2.31. The van der Waals surface area contributed by atoms with Gasteiger partial charge in [-0.3, -0.25) is 9.59 Å². The predicted octanol–water partition coefficient (Wildman–Crippen LogP) is 3.41. The zero-order chi connectivity index (χ0) is 21.8. The van der Waals surface area contributed by atoms with Crippen LogP contribution in [-0.4, -0.2) is 55.6 Å². The first-order valence-electron chi connectivity index (χ1n) is 10.7. The summed E-state index contributed by atoms with van der Waals surface area (Å²) in [6.45, 7) is 2.03. The fourth-order valence-electron chi connectivity index (χ4n) is 4.19. The van der Waals surface area contributed by atoms with Crippen molar-refractivity contribution >= 4 is 38.9 Å². The van der Waals surface area contributed by atoms with Crippen LogP contribution in [-0.2, 0) is 14.8 Å². The second kappa shape index (κ2) is 9.50. The van der Waals surface area contributed by atoms with E-state index < -0.39 is 15.9 Å². The molecule has 4 rings (SSSR count). The number of sulfonamides is 1. The monoisotopic (exact) mass is 461 g/mol. The lowest BCUT2D eigenvalue weighted by atomic mass is 9.98. The zero-order valence-electron chi connectivity index (χ0n) is 17.3. The van der Waals surface area contributed by atoms with Gasteiger partial charge in [-0.05, 0) is 55.7 Å². The number of likely N-dealkylation sites (tertiary alicyclic amines) is 1. The van der Waals surface area contributed by atoms with Crippen LogP contribution in [0.4, 0.5) is 5.69 Å². The van der Waals surface area contributed by atoms with Gasteiger partial charge in [0.05, 0.1) is 17.2 Å². The second-order valence-electron chi connectivity index (χ2n) is 8.02. The molecule has 1 aromatic carbocycles. The molecule has 2 fully saturated rings. The quantitative estimate of drug-likeness (QED) is 0.739. The fourth-order valence-corrected chi connectivity index (χ4v) is 6.86. The minimum absolute atomic E-state index is 0.0684. The van der Waals surface area contributed by atoms with Gasteiger partial charge >= 0.3 is 0 Å². The average molecular weight is 462 g/mol. The van der Waals surface area contributed by atoms with Crippen molar-refractivity contribution in [1.82, 2.24) is 9.21 Å². The van der Waals surface area contributed by atoms with E-state index in [1.807, 2.05) is 4.90 Å². The summed E-state index contributed by atoms with van der Waals surface area (Å²) in [6.07, 6.45) is 4.37. The summed E-state index contributed by atoms with van der Waals surface area (Å²) in [7, 11) is -3.58. The number of piperidine rings is 2. The van der Waals surface area contributed by atoms with Gasteiger partial charge in [-0.1, -0.05) is 18.2 Å². The van der Waals surface area contributed by atoms with Crippen LogP contribution < -0.4 is 5.32 Å². The molecule has 2 amide bonds. The van der Waals surface area contributed by atoms with Gasteiger partial charge in [0, 0.05) is 26.2 Å². The van der Waals surface area contributed by atoms with E-state index in [4.69, 9.17) is 0 Å². The maximum absolute atomic E-state index is 13.0. The molecular weight excluding hydrogens is 434 g/mol. The molecular formula is C22H27N3O4S2. The third-order valence-corrected chi connectivity index (χ3v) is 9.14. The Hall–Kier alpha value is -2.23. The van der Waals surface area contributed by atoms with Crippen molar-refractivity contribution in [3.8, 4) is 0 Å². The van der Waals surface area contributed by atoms with Crippen LogP contribution in [0.5, 0.6) is 0 Å². The number of carbonyl (C=O) groups is 2. The Labute approximate surface area is 187 Å². The summed E-state index contributed by atoms with van der Waals surface area (Å²) in [5.41, 5.74) is 0.970. The molecule has 2 aliphatic rings.